The fourth-order valence-corrected chi connectivity index (χ4v) is 4.84. The van der Waals surface area contributed by atoms with Crippen molar-refractivity contribution in [2.24, 2.45) is 0 Å². The molecule has 0 aliphatic heterocycles. The second kappa shape index (κ2) is 8.32. The summed E-state index contributed by atoms with van der Waals surface area (Å²) in [5, 5.41) is 6.65. The quantitative estimate of drug-likeness (QED) is 0.588. The lowest BCUT2D eigenvalue weighted by Gasteiger charge is -2.15. The molecule has 1 aliphatic rings. The number of aryl methyl sites for hydroxylation is 1. The van der Waals surface area contributed by atoms with Crippen LogP contribution in [0.2, 0.25) is 0 Å². The molecule has 148 valence electrons. The number of amides is 1. The highest BCUT2D eigenvalue weighted by Crippen LogP contribution is 2.36. The fourth-order valence-electron chi connectivity index (χ4n) is 3.80. The molecule has 3 aromatic rings. The third-order valence-corrected chi connectivity index (χ3v) is 6.39. The summed E-state index contributed by atoms with van der Waals surface area (Å²) in [6.07, 6.45) is 4.87. The molecule has 0 unspecified atom stereocenters. The molecule has 1 fully saturated rings. The van der Waals surface area contributed by atoms with E-state index in [0.717, 1.165) is 27.7 Å². The third-order valence-electron chi connectivity index (χ3n) is 5.25. The van der Waals surface area contributed by atoms with Gasteiger partial charge in [-0.25, -0.2) is 4.98 Å². The van der Waals surface area contributed by atoms with Crippen LogP contribution in [0.5, 0.6) is 0 Å². The SMILES string of the molecule is COCCNC(=O)c1sc2nc(-c3ccccc3)c(NC3CCCC3)n2c1C. The van der Waals surface area contributed by atoms with Crippen molar-refractivity contribution < 1.29 is 9.53 Å². The first-order valence-electron chi connectivity index (χ1n) is 9.80. The maximum absolute atomic E-state index is 12.6. The van der Waals surface area contributed by atoms with Crippen molar-refractivity contribution in [2.45, 2.75) is 38.6 Å². The van der Waals surface area contributed by atoms with Crippen molar-refractivity contribution in [3.8, 4) is 11.3 Å². The van der Waals surface area contributed by atoms with E-state index in [1.54, 1.807) is 7.11 Å². The lowest BCUT2D eigenvalue weighted by atomic mass is 10.1. The minimum absolute atomic E-state index is 0.0712. The van der Waals surface area contributed by atoms with Gasteiger partial charge in [-0.15, -0.1) is 0 Å². The van der Waals surface area contributed by atoms with E-state index in [-0.39, 0.29) is 5.91 Å². The van der Waals surface area contributed by atoms with Gasteiger partial charge in [0, 0.05) is 31.0 Å². The van der Waals surface area contributed by atoms with Gasteiger partial charge >= 0.3 is 0 Å². The van der Waals surface area contributed by atoms with Gasteiger partial charge in [-0.2, -0.15) is 0 Å². The number of rotatable bonds is 7. The maximum atomic E-state index is 12.6. The van der Waals surface area contributed by atoms with Crippen LogP contribution in [0.3, 0.4) is 0 Å². The number of aromatic nitrogens is 2. The highest BCUT2D eigenvalue weighted by atomic mass is 32.1. The molecule has 1 aromatic carbocycles. The summed E-state index contributed by atoms with van der Waals surface area (Å²) < 4.78 is 7.13. The number of hydrogen-bond acceptors (Lipinski definition) is 5. The van der Waals surface area contributed by atoms with E-state index < -0.39 is 0 Å². The summed E-state index contributed by atoms with van der Waals surface area (Å²) in [6.45, 7) is 2.99. The van der Waals surface area contributed by atoms with E-state index in [0.29, 0.717) is 24.1 Å². The van der Waals surface area contributed by atoms with Gasteiger partial charge in [0.25, 0.3) is 5.91 Å². The van der Waals surface area contributed by atoms with Crippen LogP contribution in [0.15, 0.2) is 30.3 Å². The van der Waals surface area contributed by atoms with Crippen molar-refractivity contribution in [3.63, 3.8) is 0 Å². The van der Waals surface area contributed by atoms with E-state index in [1.807, 2.05) is 25.1 Å². The van der Waals surface area contributed by atoms with Gasteiger partial charge < -0.3 is 15.4 Å². The number of hydrogen-bond donors (Lipinski definition) is 2. The summed E-state index contributed by atoms with van der Waals surface area (Å²) in [4.78, 5) is 19.0. The fraction of sp³-hybridized carbons (Fsp3) is 0.429. The van der Waals surface area contributed by atoms with Crippen LogP contribution in [-0.4, -0.2) is 41.6 Å². The monoisotopic (exact) mass is 398 g/mol. The molecule has 0 spiro atoms. The van der Waals surface area contributed by atoms with Gasteiger partial charge in [-0.1, -0.05) is 54.5 Å². The first-order chi connectivity index (χ1) is 13.7. The van der Waals surface area contributed by atoms with Crippen molar-refractivity contribution in [1.29, 1.82) is 0 Å². The van der Waals surface area contributed by atoms with Gasteiger partial charge in [0.1, 0.15) is 16.4 Å². The number of imidazole rings is 1. The standard InChI is InChI=1S/C21H26N4O2S/c1-14-18(20(26)22-12-13-27-2)28-21-24-17(15-8-4-3-5-9-15)19(25(14)21)23-16-10-6-7-11-16/h3-5,8-9,16,23H,6-7,10-13H2,1-2H3,(H,22,26). The zero-order valence-corrected chi connectivity index (χ0v) is 17.1. The predicted molar refractivity (Wildman–Crippen MR) is 113 cm³/mol. The Labute approximate surface area is 168 Å². The van der Waals surface area contributed by atoms with Gasteiger partial charge in [0.15, 0.2) is 4.96 Å². The highest BCUT2D eigenvalue weighted by molar-refractivity contribution is 7.19. The molecular weight excluding hydrogens is 372 g/mol. The van der Waals surface area contributed by atoms with E-state index in [4.69, 9.17) is 9.72 Å². The topological polar surface area (TPSA) is 67.7 Å². The van der Waals surface area contributed by atoms with E-state index in [9.17, 15) is 4.79 Å². The molecule has 4 rings (SSSR count). The molecule has 0 saturated heterocycles. The minimum atomic E-state index is -0.0712. The number of carbonyl (C=O) groups is 1. The zero-order valence-electron chi connectivity index (χ0n) is 16.3. The van der Waals surface area contributed by atoms with Crippen LogP contribution in [-0.2, 0) is 4.74 Å². The molecule has 0 bridgehead atoms. The molecule has 28 heavy (non-hydrogen) atoms. The Hall–Kier alpha value is -2.38. The molecule has 6 nitrogen and oxygen atoms in total. The number of fused-ring (bicyclic) bond motifs is 1. The Bertz CT molecular complexity index is 958. The largest absolute Gasteiger partial charge is 0.383 e. The van der Waals surface area contributed by atoms with Crippen LogP contribution in [0, 0.1) is 6.92 Å². The van der Waals surface area contributed by atoms with Crippen molar-refractivity contribution in [2.75, 3.05) is 25.6 Å². The second-order valence-electron chi connectivity index (χ2n) is 7.18. The lowest BCUT2D eigenvalue weighted by Crippen LogP contribution is -2.27. The third kappa shape index (κ3) is 3.64. The summed E-state index contributed by atoms with van der Waals surface area (Å²) in [5.74, 6) is 0.927. The van der Waals surface area contributed by atoms with Crippen molar-refractivity contribution in [1.82, 2.24) is 14.7 Å². The lowest BCUT2D eigenvalue weighted by molar-refractivity contribution is 0.0940. The number of benzene rings is 1. The number of methoxy groups -OCH3 is 1. The highest BCUT2D eigenvalue weighted by Gasteiger charge is 2.25. The molecule has 1 saturated carbocycles. The van der Waals surface area contributed by atoms with Crippen LogP contribution in [0.4, 0.5) is 5.82 Å². The molecule has 1 aliphatic carbocycles. The van der Waals surface area contributed by atoms with Gasteiger partial charge in [-0.3, -0.25) is 9.20 Å². The minimum Gasteiger partial charge on any atom is -0.383 e. The van der Waals surface area contributed by atoms with E-state index in [2.05, 4.69) is 27.2 Å². The Morgan fingerprint density at radius 1 is 1.29 bits per heavy atom. The number of carbonyl (C=O) groups excluding carboxylic acids is 1. The first-order valence-corrected chi connectivity index (χ1v) is 10.6. The van der Waals surface area contributed by atoms with Crippen LogP contribution in [0.1, 0.15) is 41.0 Å². The molecule has 7 heteroatoms. The summed E-state index contributed by atoms with van der Waals surface area (Å²) in [7, 11) is 1.63. The molecule has 2 heterocycles. The van der Waals surface area contributed by atoms with Crippen LogP contribution >= 0.6 is 11.3 Å². The van der Waals surface area contributed by atoms with Crippen molar-refractivity contribution >= 4 is 28.0 Å². The summed E-state index contributed by atoms with van der Waals surface area (Å²) in [5.41, 5.74) is 2.96. The van der Waals surface area contributed by atoms with Crippen molar-refractivity contribution in [3.05, 3.63) is 40.9 Å². The average molecular weight is 399 g/mol. The van der Waals surface area contributed by atoms with Gasteiger partial charge in [0.2, 0.25) is 0 Å². The Balaban J connectivity index is 1.74. The van der Waals surface area contributed by atoms with Crippen LogP contribution < -0.4 is 10.6 Å². The molecule has 2 N–H and O–H groups in total. The molecule has 1 amide bonds. The van der Waals surface area contributed by atoms with Gasteiger partial charge in [0.05, 0.1) is 6.61 Å². The number of thiazole rings is 1. The average Bonchev–Trinajstić information content (AvgIpc) is 3.41. The predicted octanol–water partition coefficient (Wildman–Crippen LogP) is 4.10. The molecular formula is C21H26N4O2S. The van der Waals surface area contributed by atoms with Gasteiger partial charge in [-0.05, 0) is 19.8 Å². The maximum Gasteiger partial charge on any atom is 0.263 e. The van der Waals surface area contributed by atoms with E-state index >= 15 is 0 Å². The van der Waals surface area contributed by atoms with Crippen LogP contribution in [0.25, 0.3) is 16.2 Å². The van der Waals surface area contributed by atoms with E-state index in [1.165, 1.54) is 37.0 Å². The second-order valence-corrected chi connectivity index (χ2v) is 8.16. The molecule has 0 radical (unpaired) electrons. The molecule has 2 aromatic heterocycles. The number of nitrogens with one attached hydrogen (secondary N) is 2. The normalized spacial score (nSPS) is 14.6. The Kier molecular flexibility index (Phi) is 5.64. The summed E-state index contributed by atoms with van der Waals surface area (Å²) >= 11 is 1.44. The smallest absolute Gasteiger partial charge is 0.263 e. The number of ether oxygens (including phenoxy) is 1. The Morgan fingerprint density at radius 2 is 2.04 bits per heavy atom. The molecule has 0 atom stereocenters. The Morgan fingerprint density at radius 3 is 2.75 bits per heavy atom. The number of nitrogens with zero attached hydrogens (tertiary/aromatic N) is 2. The number of anilines is 1. The first kappa shape index (κ1) is 19.0. The summed E-state index contributed by atoms with van der Waals surface area (Å²) in [6, 6.07) is 10.7. The zero-order chi connectivity index (χ0) is 19.5.